The van der Waals surface area contributed by atoms with Crippen molar-refractivity contribution in [3.8, 4) is 0 Å². The Hall–Kier alpha value is -0.340. The molecule has 0 saturated carbocycles. The van der Waals surface area contributed by atoms with Gasteiger partial charge in [0.2, 0.25) is 0 Å². The van der Waals surface area contributed by atoms with Gasteiger partial charge in [-0.2, -0.15) is 0 Å². The standard InChI is InChI=1S/C14H28O2/c1-12(2)8-7-9-13(3)10-11-15-16-14(4,5)6/h8,13H,7,9-11H2,1-6H3. The first-order chi connectivity index (χ1) is 7.31. The van der Waals surface area contributed by atoms with E-state index in [-0.39, 0.29) is 5.60 Å². The molecule has 16 heavy (non-hydrogen) atoms. The van der Waals surface area contributed by atoms with E-state index in [4.69, 9.17) is 9.78 Å². The van der Waals surface area contributed by atoms with Crippen LogP contribution in [0.25, 0.3) is 0 Å². The van der Waals surface area contributed by atoms with Crippen molar-refractivity contribution in [2.75, 3.05) is 6.61 Å². The van der Waals surface area contributed by atoms with Crippen LogP contribution in [-0.4, -0.2) is 12.2 Å². The average molecular weight is 228 g/mol. The van der Waals surface area contributed by atoms with Gasteiger partial charge in [0.1, 0.15) is 0 Å². The average Bonchev–Trinajstić information content (AvgIpc) is 2.10. The van der Waals surface area contributed by atoms with E-state index in [2.05, 4.69) is 26.8 Å². The summed E-state index contributed by atoms with van der Waals surface area (Å²) in [5.74, 6) is 0.694. The molecule has 0 spiro atoms. The molecule has 0 bridgehead atoms. The second kappa shape index (κ2) is 7.86. The third kappa shape index (κ3) is 11.7. The van der Waals surface area contributed by atoms with Gasteiger partial charge in [0.25, 0.3) is 0 Å². The van der Waals surface area contributed by atoms with Crippen LogP contribution in [0.3, 0.4) is 0 Å². The van der Waals surface area contributed by atoms with E-state index in [1.165, 1.54) is 18.4 Å². The van der Waals surface area contributed by atoms with E-state index >= 15 is 0 Å². The van der Waals surface area contributed by atoms with Gasteiger partial charge in [-0.1, -0.05) is 18.6 Å². The highest BCUT2D eigenvalue weighted by atomic mass is 17.2. The van der Waals surface area contributed by atoms with Gasteiger partial charge in [0, 0.05) is 0 Å². The Morgan fingerprint density at radius 3 is 2.31 bits per heavy atom. The van der Waals surface area contributed by atoms with Crippen LogP contribution in [0, 0.1) is 5.92 Å². The lowest BCUT2D eigenvalue weighted by Gasteiger charge is -2.18. The zero-order valence-corrected chi connectivity index (χ0v) is 11.8. The third-order valence-electron chi connectivity index (χ3n) is 2.21. The summed E-state index contributed by atoms with van der Waals surface area (Å²) in [6.45, 7) is 13.2. The summed E-state index contributed by atoms with van der Waals surface area (Å²) in [5.41, 5.74) is 1.20. The third-order valence-corrected chi connectivity index (χ3v) is 2.21. The predicted molar refractivity (Wildman–Crippen MR) is 69.2 cm³/mol. The molecule has 0 aliphatic carbocycles. The predicted octanol–water partition coefficient (Wildman–Crippen LogP) is 4.51. The van der Waals surface area contributed by atoms with E-state index in [9.17, 15) is 0 Å². The van der Waals surface area contributed by atoms with Crippen LogP contribution in [0.1, 0.15) is 60.8 Å². The summed E-state index contributed by atoms with van der Waals surface area (Å²) in [6.07, 6.45) is 5.75. The minimum atomic E-state index is -0.203. The topological polar surface area (TPSA) is 18.5 Å². The summed E-state index contributed by atoms with van der Waals surface area (Å²) in [4.78, 5) is 10.4. The number of rotatable bonds is 7. The van der Waals surface area contributed by atoms with Crippen LogP contribution in [-0.2, 0) is 9.78 Å². The lowest BCUT2D eigenvalue weighted by Crippen LogP contribution is -2.20. The molecule has 0 aliphatic heterocycles. The monoisotopic (exact) mass is 228 g/mol. The van der Waals surface area contributed by atoms with Crippen LogP contribution in [0.4, 0.5) is 0 Å². The number of hydrogen-bond donors (Lipinski definition) is 0. The van der Waals surface area contributed by atoms with Gasteiger partial charge in [-0.15, -0.1) is 0 Å². The SMILES string of the molecule is CC(C)=CCCC(C)CCOOC(C)(C)C. The largest absolute Gasteiger partial charge is 0.236 e. The van der Waals surface area contributed by atoms with Crippen LogP contribution in [0.2, 0.25) is 0 Å². The molecule has 0 rings (SSSR count). The summed E-state index contributed by atoms with van der Waals surface area (Å²) >= 11 is 0. The van der Waals surface area contributed by atoms with Gasteiger partial charge in [-0.05, 0) is 59.8 Å². The van der Waals surface area contributed by atoms with Gasteiger partial charge < -0.3 is 0 Å². The lowest BCUT2D eigenvalue weighted by molar-refractivity contribution is -0.349. The Balaban J connectivity index is 3.44. The maximum absolute atomic E-state index is 5.21. The zero-order chi connectivity index (χ0) is 12.6. The summed E-state index contributed by atoms with van der Waals surface area (Å²) in [7, 11) is 0. The molecule has 2 nitrogen and oxygen atoms in total. The van der Waals surface area contributed by atoms with Crippen molar-refractivity contribution < 1.29 is 9.78 Å². The van der Waals surface area contributed by atoms with Gasteiger partial charge in [-0.25, -0.2) is 9.78 Å². The molecule has 0 radical (unpaired) electrons. The minimum Gasteiger partial charge on any atom is -0.236 e. The van der Waals surface area contributed by atoms with Gasteiger partial charge in [0.15, 0.2) is 0 Å². The molecule has 0 aromatic heterocycles. The Kier molecular flexibility index (Phi) is 7.69. The number of allylic oxidation sites excluding steroid dienone is 2. The fourth-order valence-electron chi connectivity index (χ4n) is 1.27. The smallest absolute Gasteiger partial charge is 0.0952 e. The van der Waals surface area contributed by atoms with Crippen LogP contribution in [0.5, 0.6) is 0 Å². The quantitative estimate of drug-likeness (QED) is 0.276. The molecule has 0 N–H and O–H groups in total. The molecular formula is C14H28O2. The molecule has 0 aliphatic rings. The summed E-state index contributed by atoms with van der Waals surface area (Å²) in [6, 6.07) is 0. The summed E-state index contributed by atoms with van der Waals surface area (Å²) < 4.78 is 0. The molecule has 0 amide bonds. The second-order valence-corrected chi connectivity index (χ2v) is 5.77. The summed E-state index contributed by atoms with van der Waals surface area (Å²) in [5, 5.41) is 0. The van der Waals surface area contributed by atoms with Crippen molar-refractivity contribution in [3.63, 3.8) is 0 Å². The first kappa shape index (κ1) is 15.7. The van der Waals surface area contributed by atoms with Crippen molar-refractivity contribution in [3.05, 3.63) is 11.6 Å². The molecule has 2 heteroatoms. The highest BCUT2D eigenvalue weighted by Gasteiger charge is 2.11. The molecule has 0 saturated heterocycles. The molecule has 0 fully saturated rings. The fraction of sp³-hybridized carbons (Fsp3) is 0.857. The Morgan fingerprint density at radius 1 is 1.19 bits per heavy atom. The molecule has 0 aromatic carbocycles. The van der Waals surface area contributed by atoms with Crippen molar-refractivity contribution >= 4 is 0 Å². The normalized spacial score (nSPS) is 13.6. The first-order valence-corrected chi connectivity index (χ1v) is 6.25. The number of hydrogen-bond acceptors (Lipinski definition) is 2. The highest BCUT2D eigenvalue weighted by Crippen LogP contribution is 2.13. The van der Waals surface area contributed by atoms with E-state index < -0.39 is 0 Å². The van der Waals surface area contributed by atoms with Crippen LogP contribution in [0.15, 0.2) is 11.6 Å². The maximum atomic E-state index is 5.21. The fourth-order valence-corrected chi connectivity index (χ4v) is 1.27. The molecule has 0 aromatic rings. The highest BCUT2D eigenvalue weighted by molar-refractivity contribution is 4.92. The van der Waals surface area contributed by atoms with E-state index in [1.54, 1.807) is 0 Å². The second-order valence-electron chi connectivity index (χ2n) is 5.77. The minimum absolute atomic E-state index is 0.203. The Morgan fingerprint density at radius 2 is 1.81 bits per heavy atom. The molecule has 1 atom stereocenters. The van der Waals surface area contributed by atoms with Gasteiger partial charge in [0.05, 0.1) is 12.2 Å². The molecule has 1 unspecified atom stereocenters. The Bertz CT molecular complexity index is 197. The maximum Gasteiger partial charge on any atom is 0.0952 e. The van der Waals surface area contributed by atoms with E-state index in [0.717, 1.165) is 6.42 Å². The van der Waals surface area contributed by atoms with E-state index in [0.29, 0.717) is 12.5 Å². The van der Waals surface area contributed by atoms with Gasteiger partial charge >= 0.3 is 0 Å². The van der Waals surface area contributed by atoms with Crippen molar-refractivity contribution in [1.82, 2.24) is 0 Å². The van der Waals surface area contributed by atoms with Crippen LogP contribution >= 0.6 is 0 Å². The zero-order valence-electron chi connectivity index (χ0n) is 11.8. The molecule has 96 valence electrons. The van der Waals surface area contributed by atoms with E-state index in [1.807, 2.05) is 20.8 Å². The van der Waals surface area contributed by atoms with Crippen molar-refractivity contribution in [2.45, 2.75) is 66.4 Å². The lowest BCUT2D eigenvalue weighted by atomic mass is 10.0. The van der Waals surface area contributed by atoms with Crippen molar-refractivity contribution in [1.29, 1.82) is 0 Å². The van der Waals surface area contributed by atoms with Crippen LogP contribution < -0.4 is 0 Å². The molecule has 0 heterocycles. The first-order valence-electron chi connectivity index (χ1n) is 6.25. The van der Waals surface area contributed by atoms with Gasteiger partial charge in [-0.3, -0.25) is 0 Å². The van der Waals surface area contributed by atoms with Crippen molar-refractivity contribution in [2.24, 2.45) is 5.92 Å². The Labute approximate surface area is 101 Å². The molecular weight excluding hydrogens is 200 g/mol.